The number of carbonyl (C=O) groups is 8. The van der Waals surface area contributed by atoms with Gasteiger partial charge in [-0.3, -0.25) is 28.8 Å². The van der Waals surface area contributed by atoms with Crippen molar-refractivity contribution in [1.29, 1.82) is 0 Å². The zero-order valence-corrected chi connectivity index (χ0v) is 31.4. The molecule has 16 heteroatoms. The van der Waals surface area contributed by atoms with E-state index in [2.05, 4.69) is 33.4 Å². The predicted molar refractivity (Wildman–Crippen MR) is 197 cm³/mol. The van der Waals surface area contributed by atoms with E-state index in [4.69, 9.17) is 9.47 Å². The van der Waals surface area contributed by atoms with Crippen LogP contribution in [-0.2, 0) is 60.7 Å². The predicted octanol–water partition coefficient (Wildman–Crippen LogP) is 0.0280. The zero-order valence-electron chi connectivity index (χ0n) is 31.4. The average molecular weight is 763 g/mol. The van der Waals surface area contributed by atoms with Gasteiger partial charge >= 0.3 is 11.9 Å². The van der Waals surface area contributed by atoms with Crippen LogP contribution in [0.5, 0.6) is 0 Å². The molecule has 4 rings (SSSR count). The second-order valence-electron chi connectivity index (χ2n) is 13.8. The first-order chi connectivity index (χ1) is 26.4. The summed E-state index contributed by atoms with van der Waals surface area (Å²) in [5.41, 5.74) is 1.85. The first-order valence-electron chi connectivity index (χ1n) is 18.3. The number of piperidine rings is 1. The minimum absolute atomic E-state index is 0.0248. The van der Waals surface area contributed by atoms with Crippen molar-refractivity contribution in [2.45, 2.75) is 75.5 Å². The van der Waals surface area contributed by atoms with E-state index in [-0.39, 0.29) is 19.3 Å². The molecule has 0 saturated carbocycles. The normalized spacial score (nSPS) is 22.8. The smallest absolute Gasteiger partial charge is 0.328 e. The molecule has 4 atom stereocenters. The highest BCUT2D eigenvalue weighted by molar-refractivity contribution is 5.97. The lowest BCUT2D eigenvalue weighted by Crippen LogP contribution is -2.57. The van der Waals surface area contributed by atoms with Crippen LogP contribution in [0, 0.1) is 5.92 Å². The third kappa shape index (κ3) is 12.9. The molecule has 2 saturated heterocycles. The third-order valence-corrected chi connectivity index (χ3v) is 9.72. The molecular weight excluding hydrogens is 712 g/mol. The Morgan fingerprint density at radius 1 is 0.655 bits per heavy atom. The van der Waals surface area contributed by atoms with E-state index in [1.54, 1.807) is 35.2 Å². The number of esters is 2. The third-order valence-electron chi connectivity index (χ3n) is 9.72. The summed E-state index contributed by atoms with van der Waals surface area (Å²) >= 11 is 0. The molecule has 0 bridgehead atoms. The Morgan fingerprint density at radius 3 is 1.78 bits per heavy atom. The Balaban J connectivity index is 1.63. The van der Waals surface area contributed by atoms with Crippen LogP contribution >= 0.6 is 0 Å². The monoisotopic (exact) mass is 762 g/mol. The van der Waals surface area contributed by atoms with E-state index in [0.717, 1.165) is 25.5 Å². The van der Waals surface area contributed by atoms with Gasteiger partial charge in [0.15, 0.2) is 0 Å². The van der Waals surface area contributed by atoms with Crippen molar-refractivity contribution >= 4 is 47.4 Å². The second kappa shape index (κ2) is 20.6. The van der Waals surface area contributed by atoms with Crippen molar-refractivity contribution in [2.24, 2.45) is 5.92 Å². The lowest BCUT2D eigenvalue weighted by molar-refractivity contribution is -0.147. The Hall–Kier alpha value is -5.80. The molecule has 0 aliphatic carbocycles. The van der Waals surface area contributed by atoms with Crippen LogP contribution in [0.1, 0.15) is 49.7 Å². The summed E-state index contributed by atoms with van der Waals surface area (Å²) < 4.78 is 9.66. The van der Waals surface area contributed by atoms with Crippen molar-refractivity contribution in [3.63, 3.8) is 0 Å². The second-order valence-corrected chi connectivity index (χ2v) is 13.8. The van der Waals surface area contributed by atoms with Gasteiger partial charge < -0.3 is 40.5 Å². The highest BCUT2D eigenvalue weighted by atomic mass is 16.5. The summed E-state index contributed by atoms with van der Waals surface area (Å²) in [5.74, 6) is -5.66. The summed E-state index contributed by atoms with van der Waals surface area (Å²) in [6.07, 6.45) is 0.554. The molecule has 0 unspecified atom stereocenters. The van der Waals surface area contributed by atoms with Gasteiger partial charge in [0.1, 0.15) is 24.2 Å². The SMILES string of the molecule is COC(=O)[C@H]1CCC(=O)N(C)CC(=O)N[C@@H](C(=O)OC)CC(=O)N[C@@H](Cc2ccccc2)C(=O)N[C@@H](C(=O)N2CCC(Cc3ccccc3)CC2)CC(=O)N1. The maximum Gasteiger partial charge on any atom is 0.328 e. The number of nitrogens with one attached hydrogen (secondary N) is 4. The van der Waals surface area contributed by atoms with Crippen molar-refractivity contribution in [3.05, 3.63) is 71.8 Å². The van der Waals surface area contributed by atoms with Gasteiger partial charge in [0.2, 0.25) is 35.4 Å². The molecule has 2 aromatic carbocycles. The van der Waals surface area contributed by atoms with E-state index in [1.807, 2.05) is 18.2 Å². The number of rotatable bonds is 7. The van der Waals surface area contributed by atoms with E-state index in [0.29, 0.717) is 37.4 Å². The van der Waals surface area contributed by atoms with Crippen molar-refractivity contribution < 1.29 is 47.8 Å². The number of ether oxygens (including phenoxy) is 2. The molecule has 0 radical (unpaired) electrons. The van der Waals surface area contributed by atoms with Crippen LogP contribution in [0.25, 0.3) is 0 Å². The van der Waals surface area contributed by atoms with Crippen LogP contribution in [0.4, 0.5) is 0 Å². The number of hydrogen-bond acceptors (Lipinski definition) is 10. The molecule has 2 aliphatic rings. The number of nitrogens with zero attached hydrogens (tertiary/aromatic N) is 2. The van der Waals surface area contributed by atoms with Crippen LogP contribution in [-0.4, -0.2) is 122 Å². The standard InChI is InChI=1S/C39H50N6O10/c1-44-24-34(48)42-31(39(53)55-3)23-33(47)41-29(21-26-12-8-5-9-13-26)36(50)43-30(22-32(46)40-28(38(52)54-2)14-15-35(44)49)37(51)45-18-16-27(17-19-45)20-25-10-6-4-7-11-25/h4-13,27-31H,14-24H2,1-3H3,(H,40,46)(H,41,47)(H,42,48)(H,43,50)/t28-,29+,30-,31-/m1/s1. The fourth-order valence-electron chi connectivity index (χ4n) is 6.66. The van der Waals surface area contributed by atoms with Crippen LogP contribution in [0.2, 0.25) is 0 Å². The molecule has 2 heterocycles. The minimum atomic E-state index is -1.46. The molecular formula is C39H50N6O10. The summed E-state index contributed by atoms with van der Waals surface area (Å²) in [6, 6.07) is 13.3. The summed E-state index contributed by atoms with van der Waals surface area (Å²) in [4.78, 5) is 109. The van der Waals surface area contributed by atoms with E-state index in [9.17, 15) is 38.4 Å². The number of hydrogen-bond donors (Lipinski definition) is 4. The molecule has 55 heavy (non-hydrogen) atoms. The van der Waals surface area contributed by atoms with E-state index < -0.39 is 90.9 Å². The Morgan fingerprint density at radius 2 is 1.18 bits per heavy atom. The fourth-order valence-corrected chi connectivity index (χ4v) is 6.66. The largest absolute Gasteiger partial charge is 0.467 e. The van der Waals surface area contributed by atoms with Gasteiger partial charge in [-0.25, -0.2) is 9.59 Å². The number of likely N-dealkylation sites (tertiary alicyclic amines) is 1. The first kappa shape index (κ1) is 41.9. The Labute approximate surface area is 320 Å². The van der Waals surface area contributed by atoms with Gasteiger partial charge in [-0.1, -0.05) is 60.7 Å². The molecule has 0 aromatic heterocycles. The quantitative estimate of drug-likeness (QED) is 0.278. The molecule has 4 N–H and O–H groups in total. The zero-order chi connectivity index (χ0) is 39.9. The van der Waals surface area contributed by atoms with Gasteiger partial charge in [0.25, 0.3) is 0 Å². The van der Waals surface area contributed by atoms with Crippen molar-refractivity contribution in [2.75, 3.05) is 40.9 Å². The fraction of sp³-hybridized carbons (Fsp3) is 0.487. The summed E-state index contributed by atoms with van der Waals surface area (Å²) in [5, 5.41) is 10.2. The van der Waals surface area contributed by atoms with Crippen LogP contribution in [0.15, 0.2) is 60.7 Å². The topological polar surface area (TPSA) is 210 Å². The molecule has 296 valence electrons. The number of amides is 6. The first-order valence-corrected chi connectivity index (χ1v) is 18.3. The highest BCUT2D eigenvalue weighted by Crippen LogP contribution is 2.23. The molecule has 0 spiro atoms. The number of carbonyl (C=O) groups excluding carboxylic acids is 8. The highest BCUT2D eigenvalue weighted by Gasteiger charge is 2.35. The minimum Gasteiger partial charge on any atom is -0.467 e. The van der Waals surface area contributed by atoms with Gasteiger partial charge in [-0.05, 0) is 42.7 Å². The number of benzene rings is 2. The van der Waals surface area contributed by atoms with Crippen LogP contribution in [0.3, 0.4) is 0 Å². The average Bonchev–Trinajstić information content (AvgIpc) is 3.18. The van der Waals surface area contributed by atoms with Gasteiger partial charge in [-0.15, -0.1) is 0 Å². The Kier molecular flexibility index (Phi) is 15.7. The summed E-state index contributed by atoms with van der Waals surface area (Å²) in [7, 11) is 3.54. The maximum absolute atomic E-state index is 14.1. The van der Waals surface area contributed by atoms with Crippen molar-refractivity contribution in [1.82, 2.24) is 31.1 Å². The molecule has 2 aliphatic heterocycles. The Bertz CT molecular complexity index is 1680. The van der Waals surface area contributed by atoms with Crippen LogP contribution < -0.4 is 21.3 Å². The van der Waals surface area contributed by atoms with E-state index >= 15 is 0 Å². The maximum atomic E-state index is 14.1. The lowest BCUT2D eigenvalue weighted by Gasteiger charge is -2.35. The molecule has 2 fully saturated rings. The van der Waals surface area contributed by atoms with Gasteiger partial charge in [-0.2, -0.15) is 0 Å². The van der Waals surface area contributed by atoms with Crippen molar-refractivity contribution in [3.8, 4) is 0 Å². The van der Waals surface area contributed by atoms with E-state index in [1.165, 1.54) is 12.6 Å². The molecule has 6 amide bonds. The lowest BCUT2D eigenvalue weighted by atomic mass is 9.90. The number of methoxy groups -OCH3 is 2. The number of likely N-dealkylation sites (N-methyl/N-ethyl adjacent to an activating group) is 1. The summed E-state index contributed by atoms with van der Waals surface area (Å²) in [6.45, 7) is 0.265. The van der Waals surface area contributed by atoms with Gasteiger partial charge in [0, 0.05) is 33.0 Å². The molecule has 2 aromatic rings. The molecule has 16 nitrogen and oxygen atoms in total. The van der Waals surface area contributed by atoms with Gasteiger partial charge in [0.05, 0.1) is 33.6 Å².